The van der Waals surface area contributed by atoms with Crippen molar-refractivity contribution in [3.8, 4) is 11.1 Å². The highest BCUT2D eigenvalue weighted by Crippen LogP contribution is 2.37. The monoisotopic (exact) mass is 454 g/mol. The van der Waals surface area contributed by atoms with Gasteiger partial charge in [-0.3, -0.25) is 14.4 Å². The molecule has 1 amide bonds. The Morgan fingerprint density at radius 3 is 2.65 bits per heavy atom. The largest absolute Gasteiger partial charge is 0.511 e. The first-order valence-corrected chi connectivity index (χ1v) is 11.0. The molecule has 2 aliphatic rings. The van der Waals surface area contributed by atoms with Crippen molar-refractivity contribution in [2.24, 2.45) is 0 Å². The lowest BCUT2D eigenvalue weighted by Gasteiger charge is -2.38. The predicted octanol–water partition coefficient (Wildman–Crippen LogP) is 2.26. The Morgan fingerprint density at radius 1 is 1.26 bits per heavy atom. The number of anilines is 1. The normalized spacial score (nSPS) is 18.3. The van der Waals surface area contributed by atoms with Crippen LogP contribution in [0.4, 0.5) is 19.0 Å². The highest BCUT2D eigenvalue weighted by atomic mass is 32.2. The molecule has 0 atom stereocenters. The summed E-state index contributed by atoms with van der Waals surface area (Å²) in [5, 5.41) is 5.03. The fourth-order valence-electron chi connectivity index (χ4n) is 3.68. The van der Waals surface area contributed by atoms with Crippen LogP contribution in [0, 0.1) is 0 Å². The number of pyridine rings is 1. The SMILES string of the molecule is O=CN(c1cc(-c2cnn(C3CN(S(=O)(=O)C(F)(F)F)C3)c2)c2cc[nH]c2n1)C1CC1. The van der Waals surface area contributed by atoms with E-state index in [1.807, 2.05) is 6.07 Å². The lowest BCUT2D eigenvalue weighted by atomic mass is 10.1. The van der Waals surface area contributed by atoms with Crippen LogP contribution in [0.1, 0.15) is 18.9 Å². The van der Waals surface area contributed by atoms with Gasteiger partial charge in [0.25, 0.3) is 0 Å². The Hall–Kier alpha value is -2.93. The van der Waals surface area contributed by atoms with Gasteiger partial charge in [0.1, 0.15) is 11.5 Å². The second kappa shape index (κ2) is 6.79. The second-order valence-corrected chi connectivity index (χ2v) is 9.57. The predicted molar refractivity (Wildman–Crippen MR) is 104 cm³/mol. The molecule has 13 heteroatoms. The number of nitrogens with one attached hydrogen (secondary N) is 1. The van der Waals surface area contributed by atoms with Crippen molar-refractivity contribution in [1.82, 2.24) is 24.1 Å². The molecule has 1 saturated carbocycles. The number of alkyl halides is 3. The molecule has 164 valence electrons. The van der Waals surface area contributed by atoms with Crippen molar-refractivity contribution in [2.45, 2.75) is 30.4 Å². The second-order valence-electron chi connectivity index (χ2n) is 7.64. The number of rotatable bonds is 6. The summed E-state index contributed by atoms with van der Waals surface area (Å²) in [4.78, 5) is 20.7. The van der Waals surface area contributed by atoms with E-state index in [9.17, 15) is 26.4 Å². The number of hydrogen-bond donors (Lipinski definition) is 1. The molecule has 0 radical (unpaired) electrons. The van der Waals surface area contributed by atoms with E-state index < -0.39 is 21.6 Å². The summed E-state index contributed by atoms with van der Waals surface area (Å²) in [5.41, 5.74) is -3.27. The highest BCUT2D eigenvalue weighted by molar-refractivity contribution is 7.90. The van der Waals surface area contributed by atoms with E-state index in [1.54, 1.807) is 29.6 Å². The molecule has 0 bridgehead atoms. The summed E-state index contributed by atoms with van der Waals surface area (Å²) in [6.07, 6.45) is 7.53. The third-order valence-electron chi connectivity index (χ3n) is 5.58. The third-order valence-corrected chi connectivity index (χ3v) is 7.14. The van der Waals surface area contributed by atoms with Gasteiger partial charge < -0.3 is 4.98 Å². The fourth-order valence-corrected chi connectivity index (χ4v) is 4.71. The summed E-state index contributed by atoms with van der Waals surface area (Å²) < 4.78 is 62.8. The molecule has 4 heterocycles. The highest BCUT2D eigenvalue weighted by Gasteiger charge is 2.53. The minimum atomic E-state index is -5.33. The van der Waals surface area contributed by atoms with Crippen LogP contribution in [0.3, 0.4) is 0 Å². The minimum absolute atomic E-state index is 0.129. The molecule has 3 aromatic heterocycles. The van der Waals surface area contributed by atoms with Crippen LogP contribution in [0.2, 0.25) is 0 Å². The van der Waals surface area contributed by atoms with Gasteiger partial charge in [0.2, 0.25) is 6.41 Å². The zero-order chi connectivity index (χ0) is 22.0. The number of carbonyl (C=O) groups excluding carboxylic acids is 1. The molecule has 0 aromatic carbocycles. The number of hydrogen-bond acceptors (Lipinski definition) is 5. The van der Waals surface area contributed by atoms with Crippen LogP contribution in [-0.4, -0.2) is 63.5 Å². The standard InChI is InChI=1S/C18H17F3N6O3S/c19-18(20,21)31(29,30)25-8-13(9-25)27-7-11(6-23-27)15-5-16(26(10-28)12-1-2-12)24-17-14(15)3-4-22-17/h3-7,10,12-13H,1-2,8-9H2,(H,22,24). The first-order chi connectivity index (χ1) is 14.7. The van der Waals surface area contributed by atoms with Gasteiger partial charge in [0, 0.05) is 42.5 Å². The van der Waals surface area contributed by atoms with Crippen molar-refractivity contribution >= 4 is 33.3 Å². The number of halogens is 3. The Balaban J connectivity index is 1.43. The number of H-pyrrole nitrogens is 1. The fraction of sp³-hybridized carbons (Fsp3) is 0.389. The number of fused-ring (bicyclic) bond motifs is 1. The average Bonchev–Trinajstić information content (AvgIpc) is 3.19. The van der Waals surface area contributed by atoms with Crippen molar-refractivity contribution < 1.29 is 26.4 Å². The Kier molecular flexibility index (Phi) is 4.38. The number of aromatic nitrogens is 4. The van der Waals surface area contributed by atoms with Crippen LogP contribution >= 0.6 is 0 Å². The summed E-state index contributed by atoms with van der Waals surface area (Å²) in [6.45, 7) is -0.602. The lowest BCUT2D eigenvalue weighted by Crippen LogP contribution is -2.54. The summed E-state index contributed by atoms with van der Waals surface area (Å²) in [6, 6.07) is 3.25. The molecule has 5 rings (SSSR count). The minimum Gasteiger partial charge on any atom is -0.346 e. The van der Waals surface area contributed by atoms with E-state index in [1.165, 1.54) is 4.68 Å². The van der Waals surface area contributed by atoms with Crippen molar-refractivity contribution in [3.63, 3.8) is 0 Å². The Bertz CT molecular complexity index is 1260. The molecule has 1 saturated heterocycles. The van der Waals surface area contributed by atoms with Crippen molar-refractivity contribution in [2.75, 3.05) is 18.0 Å². The van der Waals surface area contributed by atoms with Gasteiger partial charge in [-0.05, 0) is 30.5 Å². The van der Waals surface area contributed by atoms with Gasteiger partial charge in [-0.25, -0.2) is 13.4 Å². The maximum absolute atomic E-state index is 12.7. The molecule has 31 heavy (non-hydrogen) atoms. The Morgan fingerprint density at radius 2 is 2.00 bits per heavy atom. The summed E-state index contributed by atoms with van der Waals surface area (Å²) >= 11 is 0. The quantitative estimate of drug-likeness (QED) is 0.576. The number of aromatic amines is 1. The molecule has 1 aliphatic carbocycles. The maximum atomic E-state index is 12.7. The van der Waals surface area contributed by atoms with E-state index in [2.05, 4.69) is 15.1 Å². The van der Waals surface area contributed by atoms with Crippen LogP contribution in [0.25, 0.3) is 22.2 Å². The maximum Gasteiger partial charge on any atom is 0.511 e. The first-order valence-electron chi connectivity index (χ1n) is 9.52. The summed E-state index contributed by atoms with van der Waals surface area (Å²) in [7, 11) is -5.33. The van der Waals surface area contributed by atoms with E-state index in [0.29, 0.717) is 21.3 Å². The lowest BCUT2D eigenvalue weighted by molar-refractivity contribution is -0.107. The zero-order valence-corrected chi connectivity index (χ0v) is 16.8. The average molecular weight is 454 g/mol. The number of sulfonamides is 1. The van der Waals surface area contributed by atoms with E-state index in [0.717, 1.165) is 30.2 Å². The van der Waals surface area contributed by atoms with Crippen molar-refractivity contribution in [3.05, 3.63) is 30.7 Å². The number of carbonyl (C=O) groups is 1. The topological polar surface area (TPSA) is 104 Å². The molecule has 0 unspecified atom stereocenters. The molecule has 3 aromatic rings. The van der Waals surface area contributed by atoms with E-state index in [4.69, 9.17) is 0 Å². The molecular weight excluding hydrogens is 437 g/mol. The van der Waals surface area contributed by atoms with Crippen molar-refractivity contribution in [1.29, 1.82) is 0 Å². The molecule has 1 N–H and O–H groups in total. The first kappa shape index (κ1) is 20.0. The molecule has 1 aliphatic heterocycles. The van der Waals surface area contributed by atoms with Gasteiger partial charge in [0.05, 0.1) is 12.2 Å². The van der Waals surface area contributed by atoms with E-state index in [-0.39, 0.29) is 19.1 Å². The molecule has 0 spiro atoms. The molecular formula is C18H17F3N6O3S. The van der Waals surface area contributed by atoms with E-state index >= 15 is 0 Å². The van der Waals surface area contributed by atoms with Gasteiger partial charge in [-0.2, -0.15) is 22.6 Å². The Labute approximate surface area is 174 Å². The van der Waals surface area contributed by atoms with Crippen LogP contribution in [-0.2, 0) is 14.8 Å². The van der Waals surface area contributed by atoms with Gasteiger partial charge in [-0.1, -0.05) is 0 Å². The third kappa shape index (κ3) is 3.28. The molecule has 2 fully saturated rings. The smallest absolute Gasteiger partial charge is 0.346 e. The van der Waals surface area contributed by atoms with Gasteiger partial charge in [-0.15, -0.1) is 0 Å². The zero-order valence-electron chi connectivity index (χ0n) is 16.0. The van der Waals surface area contributed by atoms with Gasteiger partial charge in [0.15, 0.2) is 0 Å². The van der Waals surface area contributed by atoms with Gasteiger partial charge >= 0.3 is 15.5 Å². The molecule has 9 nitrogen and oxygen atoms in total. The van der Waals surface area contributed by atoms with Crippen LogP contribution in [0.5, 0.6) is 0 Å². The summed E-state index contributed by atoms with van der Waals surface area (Å²) in [5.74, 6) is 0.501. The number of amides is 1. The van der Waals surface area contributed by atoms with Crippen LogP contribution in [0.15, 0.2) is 30.7 Å². The van der Waals surface area contributed by atoms with Crippen LogP contribution < -0.4 is 4.90 Å². The number of nitrogens with zero attached hydrogens (tertiary/aromatic N) is 5.